The highest BCUT2D eigenvalue weighted by molar-refractivity contribution is 6.10. The van der Waals surface area contributed by atoms with Crippen molar-refractivity contribution in [2.75, 3.05) is 13.1 Å². The van der Waals surface area contributed by atoms with Crippen molar-refractivity contribution in [2.45, 2.75) is 19.8 Å². The molecule has 34 heavy (non-hydrogen) atoms. The topological polar surface area (TPSA) is 76.7 Å². The quantitative estimate of drug-likeness (QED) is 0.313. The fourth-order valence-electron chi connectivity index (χ4n) is 3.93. The minimum atomic E-state index is -0.605. The van der Waals surface area contributed by atoms with E-state index in [2.05, 4.69) is 24.5 Å². The molecule has 1 radical (unpaired) electrons. The van der Waals surface area contributed by atoms with Gasteiger partial charge in [-0.05, 0) is 47.0 Å². The standard InChI is InChI=1S/C28H27N2O4/c1-3-5-18-30-28(32)34-24-17-15-20-11-7-9-13-22(20)26(24)25-21-12-8-6-10-19(21)14-16-23(25)33-27(31)29-4-2/h6-17H,2-5,18H2,1H3,(H,29,31)(H,30,32). The Hall–Kier alpha value is -4.06. The molecular formula is C28H27N2O4. The maximum atomic E-state index is 12.6. The van der Waals surface area contributed by atoms with Crippen molar-refractivity contribution in [3.05, 3.63) is 79.7 Å². The molecular weight excluding hydrogens is 428 g/mol. The zero-order chi connectivity index (χ0) is 23.9. The lowest BCUT2D eigenvalue weighted by atomic mass is 9.92. The monoisotopic (exact) mass is 455 g/mol. The Bertz CT molecular complexity index is 1330. The number of hydrogen-bond acceptors (Lipinski definition) is 4. The van der Waals surface area contributed by atoms with Crippen molar-refractivity contribution in [2.24, 2.45) is 0 Å². The van der Waals surface area contributed by atoms with Gasteiger partial charge in [0.1, 0.15) is 11.5 Å². The molecule has 6 nitrogen and oxygen atoms in total. The van der Waals surface area contributed by atoms with Crippen LogP contribution in [0.4, 0.5) is 9.59 Å². The molecule has 0 fully saturated rings. The summed E-state index contributed by atoms with van der Waals surface area (Å²) in [5, 5.41) is 9.04. The van der Waals surface area contributed by atoms with E-state index in [1.807, 2.05) is 60.7 Å². The number of ether oxygens (including phenoxy) is 2. The van der Waals surface area contributed by atoms with Crippen LogP contribution in [0.2, 0.25) is 0 Å². The molecule has 0 bridgehead atoms. The predicted molar refractivity (Wildman–Crippen MR) is 135 cm³/mol. The highest BCUT2D eigenvalue weighted by Crippen LogP contribution is 2.45. The first-order chi connectivity index (χ1) is 16.6. The molecule has 0 saturated carbocycles. The Morgan fingerprint density at radius 1 is 0.735 bits per heavy atom. The predicted octanol–water partition coefficient (Wildman–Crippen LogP) is 6.47. The van der Waals surface area contributed by atoms with Crippen LogP contribution >= 0.6 is 0 Å². The number of hydrogen-bond donors (Lipinski definition) is 2. The van der Waals surface area contributed by atoms with Gasteiger partial charge in [0, 0.05) is 24.2 Å². The minimum absolute atomic E-state index is 0.197. The molecule has 4 aromatic rings. The smallest absolute Gasteiger partial charge is 0.410 e. The maximum absolute atomic E-state index is 12.6. The van der Waals surface area contributed by atoms with Crippen LogP contribution < -0.4 is 20.1 Å². The Labute approximate surface area is 198 Å². The van der Waals surface area contributed by atoms with Crippen LogP contribution in [0.1, 0.15) is 19.8 Å². The van der Waals surface area contributed by atoms with Crippen molar-refractivity contribution >= 4 is 33.7 Å². The molecule has 0 aliphatic rings. The molecule has 0 unspecified atom stereocenters. The molecule has 0 spiro atoms. The Morgan fingerprint density at radius 3 is 1.74 bits per heavy atom. The van der Waals surface area contributed by atoms with Gasteiger partial charge in [-0.3, -0.25) is 0 Å². The van der Waals surface area contributed by atoms with E-state index >= 15 is 0 Å². The number of amides is 2. The van der Waals surface area contributed by atoms with E-state index < -0.39 is 12.2 Å². The van der Waals surface area contributed by atoms with Crippen LogP contribution in [0.5, 0.6) is 11.5 Å². The fourth-order valence-corrected chi connectivity index (χ4v) is 3.93. The van der Waals surface area contributed by atoms with Crippen molar-refractivity contribution in [1.29, 1.82) is 0 Å². The summed E-state index contributed by atoms with van der Waals surface area (Å²) in [4.78, 5) is 24.9. The first kappa shape index (κ1) is 23.1. The number of nitrogens with one attached hydrogen (secondary N) is 2. The van der Waals surface area contributed by atoms with Crippen LogP contribution in [0, 0.1) is 6.92 Å². The zero-order valence-electron chi connectivity index (χ0n) is 19.1. The summed E-state index contributed by atoms with van der Waals surface area (Å²) < 4.78 is 11.5. The second kappa shape index (κ2) is 10.7. The van der Waals surface area contributed by atoms with Crippen molar-refractivity contribution in [3.63, 3.8) is 0 Å². The van der Waals surface area contributed by atoms with Crippen molar-refractivity contribution < 1.29 is 19.1 Å². The maximum Gasteiger partial charge on any atom is 0.412 e. The molecule has 2 amide bonds. The average Bonchev–Trinajstić information content (AvgIpc) is 2.84. The van der Waals surface area contributed by atoms with Gasteiger partial charge >= 0.3 is 12.2 Å². The first-order valence-corrected chi connectivity index (χ1v) is 11.4. The number of benzene rings is 4. The zero-order valence-corrected chi connectivity index (χ0v) is 19.1. The summed E-state index contributed by atoms with van der Waals surface area (Å²) in [7, 11) is 0. The third-order valence-electron chi connectivity index (χ3n) is 5.51. The van der Waals surface area contributed by atoms with E-state index in [0.29, 0.717) is 29.2 Å². The molecule has 6 heteroatoms. The van der Waals surface area contributed by atoms with E-state index in [1.165, 1.54) is 0 Å². The normalized spacial score (nSPS) is 10.8. The van der Waals surface area contributed by atoms with Crippen LogP contribution in [0.25, 0.3) is 32.7 Å². The highest BCUT2D eigenvalue weighted by Gasteiger charge is 2.21. The molecule has 0 aromatic heterocycles. The molecule has 173 valence electrons. The third-order valence-corrected chi connectivity index (χ3v) is 5.51. The van der Waals surface area contributed by atoms with Gasteiger partial charge < -0.3 is 20.1 Å². The Kier molecular flexibility index (Phi) is 7.28. The number of fused-ring (bicyclic) bond motifs is 2. The molecule has 0 aliphatic heterocycles. The van der Waals surface area contributed by atoms with Gasteiger partial charge in [0.05, 0.1) is 0 Å². The van der Waals surface area contributed by atoms with E-state index in [0.717, 1.165) is 34.4 Å². The number of carbonyl (C=O) groups excluding carboxylic acids is 2. The van der Waals surface area contributed by atoms with E-state index in [-0.39, 0.29) is 6.54 Å². The molecule has 4 rings (SSSR count). The van der Waals surface area contributed by atoms with E-state index in [4.69, 9.17) is 9.47 Å². The average molecular weight is 456 g/mol. The molecule has 0 atom stereocenters. The summed E-state index contributed by atoms with van der Waals surface area (Å²) in [6.45, 7) is 6.43. The third kappa shape index (κ3) is 4.96. The first-order valence-electron chi connectivity index (χ1n) is 11.4. The number of carbonyl (C=O) groups is 2. The molecule has 0 aliphatic carbocycles. The second-order valence-corrected chi connectivity index (χ2v) is 7.81. The van der Waals surface area contributed by atoms with Crippen LogP contribution in [-0.4, -0.2) is 25.3 Å². The largest absolute Gasteiger partial charge is 0.412 e. The van der Waals surface area contributed by atoms with E-state index in [1.54, 1.807) is 12.1 Å². The van der Waals surface area contributed by atoms with Gasteiger partial charge in [-0.2, -0.15) is 0 Å². The Balaban J connectivity index is 1.93. The highest BCUT2D eigenvalue weighted by atomic mass is 16.6. The SMILES string of the molecule is [CH2]CNC(=O)Oc1ccc2ccccc2c1-c1c(OC(=O)NCCCC)ccc2ccccc12. The summed E-state index contributed by atoms with van der Waals surface area (Å²) in [6.07, 6.45) is 0.699. The fraction of sp³-hybridized carbons (Fsp3) is 0.179. The summed E-state index contributed by atoms with van der Waals surface area (Å²) in [5.74, 6) is 0.740. The Morgan fingerprint density at radius 2 is 1.24 bits per heavy atom. The summed E-state index contributed by atoms with van der Waals surface area (Å²) in [6, 6.07) is 23.0. The lowest BCUT2D eigenvalue weighted by molar-refractivity contribution is 0.199. The van der Waals surface area contributed by atoms with Gasteiger partial charge in [-0.1, -0.05) is 74.0 Å². The van der Waals surface area contributed by atoms with Crippen molar-refractivity contribution in [3.8, 4) is 22.6 Å². The molecule has 2 N–H and O–H groups in total. The summed E-state index contributed by atoms with van der Waals surface area (Å²) in [5.41, 5.74) is 1.35. The van der Waals surface area contributed by atoms with Gasteiger partial charge in [-0.15, -0.1) is 0 Å². The second-order valence-electron chi connectivity index (χ2n) is 7.81. The van der Waals surface area contributed by atoms with Gasteiger partial charge in [0.2, 0.25) is 0 Å². The van der Waals surface area contributed by atoms with Gasteiger partial charge in [-0.25, -0.2) is 9.59 Å². The lowest BCUT2D eigenvalue weighted by Crippen LogP contribution is -2.28. The minimum Gasteiger partial charge on any atom is -0.410 e. The number of unbranched alkanes of at least 4 members (excludes halogenated alkanes) is 1. The molecule has 0 saturated heterocycles. The van der Waals surface area contributed by atoms with Gasteiger partial charge in [0.25, 0.3) is 0 Å². The van der Waals surface area contributed by atoms with Crippen molar-refractivity contribution in [1.82, 2.24) is 10.6 Å². The molecule has 0 heterocycles. The van der Waals surface area contributed by atoms with Crippen LogP contribution in [0.15, 0.2) is 72.8 Å². The van der Waals surface area contributed by atoms with Crippen LogP contribution in [0.3, 0.4) is 0 Å². The number of rotatable bonds is 7. The van der Waals surface area contributed by atoms with Gasteiger partial charge in [0.15, 0.2) is 0 Å². The molecule has 4 aromatic carbocycles. The van der Waals surface area contributed by atoms with E-state index in [9.17, 15) is 9.59 Å². The van der Waals surface area contributed by atoms with Crippen LogP contribution in [-0.2, 0) is 0 Å². The lowest BCUT2D eigenvalue weighted by Gasteiger charge is -2.18. The summed E-state index contributed by atoms with van der Waals surface area (Å²) >= 11 is 0.